The Labute approximate surface area is 102 Å². The minimum atomic E-state index is -0.133. The molecule has 0 atom stereocenters. The zero-order valence-electron chi connectivity index (χ0n) is 10.9. The summed E-state index contributed by atoms with van der Waals surface area (Å²) >= 11 is 0. The lowest BCUT2D eigenvalue weighted by atomic mass is 10.2. The zero-order valence-corrected chi connectivity index (χ0v) is 10.9. The van der Waals surface area contributed by atoms with Gasteiger partial charge in [-0.15, -0.1) is 10.2 Å². The van der Waals surface area contributed by atoms with Crippen LogP contribution in [0.15, 0.2) is 12.1 Å². The van der Waals surface area contributed by atoms with Crippen molar-refractivity contribution in [2.75, 3.05) is 19.4 Å². The molecule has 1 aromatic rings. The van der Waals surface area contributed by atoms with Gasteiger partial charge in [0.15, 0.2) is 5.69 Å². The number of carbonyl (C=O) groups excluding carboxylic acids is 1. The first-order valence-corrected chi connectivity index (χ1v) is 5.90. The molecular formula is C12H20N4O. The second-order valence-corrected chi connectivity index (χ2v) is 4.16. The molecule has 0 unspecified atom stereocenters. The lowest BCUT2D eigenvalue weighted by molar-refractivity contribution is 0.0821. The van der Waals surface area contributed by atoms with Crippen LogP contribution in [0.2, 0.25) is 0 Å². The van der Waals surface area contributed by atoms with Crippen molar-refractivity contribution in [3.63, 3.8) is 0 Å². The first-order valence-electron chi connectivity index (χ1n) is 5.90. The monoisotopic (exact) mass is 236 g/mol. The van der Waals surface area contributed by atoms with Crippen LogP contribution in [0.4, 0.5) is 5.82 Å². The van der Waals surface area contributed by atoms with E-state index in [0.29, 0.717) is 17.6 Å². The van der Waals surface area contributed by atoms with E-state index in [1.807, 2.05) is 0 Å². The van der Waals surface area contributed by atoms with Crippen molar-refractivity contribution in [1.29, 1.82) is 0 Å². The van der Waals surface area contributed by atoms with Gasteiger partial charge in [0.05, 0.1) is 0 Å². The summed E-state index contributed by atoms with van der Waals surface area (Å²) in [5.41, 5.74) is 0.366. The first-order chi connectivity index (χ1) is 8.08. The van der Waals surface area contributed by atoms with Crippen LogP contribution in [0.3, 0.4) is 0 Å². The van der Waals surface area contributed by atoms with Crippen molar-refractivity contribution in [2.24, 2.45) is 0 Å². The van der Waals surface area contributed by atoms with E-state index in [0.717, 1.165) is 12.8 Å². The molecule has 17 heavy (non-hydrogen) atoms. The fourth-order valence-electron chi connectivity index (χ4n) is 1.45. The third-order valence-corrected chi connectivity index (χ3v) is 2.63. The fraction of sp³-hybridized carbons (Fsp3) is 0.583. The van der Waals surface area contributed by atoms with E-state index in [1.165, 1.54) is 4.90 Å². The number of carbonyl (C=O) groups is 1. The largest absolute Gasteiger partial charge is 0.366 e. The Bertz CT molecular complexity index is 357. The summed E-state index contributed by atoms with van der Waals surface area (Å²) in [6.07, 6.45) is 2.08. The molecule has 5 heteroatoms. The number of amides is 1. The average molecular weight is 236 g/mol. The Hall–Kier alpha value is -1.65. The molecule has 1 aromatic heterocycles. The Morgan fingerprint density at radius 2 is 1.94 bits per heavy atom. The van der Waals surface area contributed by atoms with Gasteiger partial charge >= 0.3 is 0 Å². The van der Waals surface area contributed by atoms with Gasteiger partial charge in [-0.05, 0) is 25.0 Å². The number of nitrogens with zero attached hydrogens (tertiary/aromatic N) is 3. The van der Waals surface area contributed by atoms with Gasteiger partial charge in [0.25, 0.3) is 5.91 Å². The van der Waals surface area contributed by atoms with Crippen LogP contribution in [0.25, 0.3) is 0 Å². The molecule has 0 fully saturated rings. The third-order valence-electron chi connectivity index (χ3n) is 2.63. The van der Waals surface area contributed by atoms with Crippen LogP contribution >= 0.6 is 0 Å². The van der Waals surface area contributed by atoms with E-state index >= 15 is 0 Å². The van der Waals surface area contributed by atoms with Crippen LogP contribution < -0.4 is 5.32 Å². The Kier molecular flexibility index (Phi) is 4.87. The number of anilines is 1. The van der Waals surface area contributed by atoms with Crippen LogP contribution in [0.1, 0.15) is 37.2 Å². The van der Waals surface area contributed by atoms with Gasteiger partial charge in [-0.2, -0.15) is 0 Å². The third kappa shape index (κ3) is 3.69. The normalized spacial score (nSPS) is 10.4. The number of hydrogen-bond acceptors (Lipinski definition) is 4. The van der Waals surface area contributed by atoms with Crippen molar-refractivity contribution in [2.45, 2.75) is 32.7 Å². The first kappa shape index (κ1) is 13.4. The van der Waals surface area contributed by atoms with Crippen LogP contribution in [-0.2, 0) is 0 Å². The van der Waals surface area contributed by atoms with E-state index in [-0.39, 0.29) is 5.91 Å². The second-order valence-electron chi connectivity index (χ2n) is 4.16. The lowest BCUT2D eigenvalue weighted by Gasteiger charge is -2.15. The second kappa shape index (κ2) is 6.18. The molecule has 0 aliphatic heterocycles. The molecular weight excluding hydrogens is 216 g/mol. The standard InChI is InChI=1S/C12H20N4O/c1-5-9(6-2)13-11-8-7-10(14-15-11)12(17)16(3)4/h7-9H,5-6H2,1-4H3,(H,13,15). The molecule has 1 amide bonds. The summed E-state index contributed by atoms with van der Waals surface area (Å²) in [5, 5.41) is 11.2. The summed E-state index contributed by atoms with van der Waals surface area (Å²) in [7, 11) is 3.39. The predicted molar refractivity (Wildman–Crippen MR) is 68.0 cm³/mol. The van der Waals surface area contributed by atoms with E-state index in [2.05, 4.69) is 29.4 Å². The van der Waals surface area contributed by atoms with Crippen LogP contribution in [-0.4, -0.2) is 41.1 Å². The maximum absolute atomic E-state index is 11.6. The van der Waals surface area contributed by atoms with Gasteiger partial charge in [0.2, 0.25) is 0 Å². The highest BCUT2D eigenvalue weighted by atomic mass is 16.2. The lowest BCUT2D eigenvalue weighted by Crippen LogP contribution is -2.23. The average Bonchev–Trinajstić information content (AvgIpc) is 2.35. The Morgan fingerprint density at radius 3 is 2.35 bits per heavy atom. The van der Waals surface area contributed by atoms with E-state index in [9.17, 15) is 4.79 Å². The quantitative estimate of drug-likeness (QED) is 0.846. The SMILES string of the molecule is CCC(CC)Nc1ccc(C(=O)N(C)C)nn1. The molecule has 0 spiro atoms. The topological polar surface area (TPSA) is 58.1 Å². The van der Waals surface area contributed by atoms with Crippen molar-refractivity contribution in [3.05, 3.63) is 17.8 Å². The molecule has 0 aromatic carbocycles. The molecule has 0 aliphatic rings. The molecule has 0 saturated carbocycles. The van der Waals surface area contributed by atoms with Crippen molar-refractivity contribution in [3.8, 4) is 0 Å². The Morgan fingerprint density at radius 1 is 1.29 bits per heavy atom. The number of hydrogen-bond donors (Lipinski definition) is 1. The van der Waals surface area contributed by atoms with Gasteiger partial charge in [-0.3, -0.25) is 4.79 Å². The highest BCUT2D eigenvalue weighted by Gasteiger charge is 2.10. The van der Waals surface area contributed by atoms with Gasteiger partial charge in [0.1, 0.15) is 5.82 Å². The molecule has 1 heterocycles. The summed E-state index contributed by atoms with van der Waals surface area (Å²) in [5.74, 6) is 0.584. The highest BCUT2D eigenvalue weighted by molar-refractivity contribution is 5.91. The smallest absolute Gasteiger partial charge is 0.273 e. The molecule has 0 radical (unpaired) electrons. The van der Waals surface area contributed by atoms with E-state index in [1.54, 1.807) is 26.2 Å². The summed E-state index contributed by atoms with van der Waals surface area (Å²) in [6.45, 7) is 4.25. The van der Waals surface area contributed by atoms with Crippen LogP contribution in [0.5, 0.6) is 0 Å². The summed E-state index contributed by atoms with van der Waals surface area (Å²) < 4.78 is 0. The molecule has 94 valence electrons. The van der Waals surface area contributed by atoms with E-state index in [4.69, 9.17) is 0 Å². The maximum Gasteiger partial charge on any atom is 0.273 e. The van der Waals surface area contributed by atoms with Gasteiger partial charge < -0.3 is 10.2 Å². The molecule has 1 N–H and O–H groups in total. The van der Waals surface area contributed by atoms with Crippen LogP contribution in [0, 0.1) is 0 Å². The van der Waals surface area contributed by atoms with Crippen molar-refractivity contribution in [1.82, 2.24) is 15.1 Å². The van der Waals surface area contributed by atoms with Crippen molar-refractivity contribution >= 4 is 11.7 Å². The predicted octanol–water partition coefficient (Wildman–Crippen LogP) is 1.78. The molecule has 0 aliphatic carbocycles. The Balaban J connectivity index is 2.71. The minimum Gasteiger partial charge on any atom is -0.366 e. The zero-order chi connectivity index (χ0) is 12.8. The van der Waals surface area contributed by atoms with Gasteiger partial charge in [-0.1, -0.05) is 13.8 Å². The highest BCUT2D eigenvalue weighted by Crippen LogP contribution is 2.08. The number of aromatic nitrogens is 2. The van der Waals surface area contributed by atoms with Gasteiger partial charge in [-0.25, -0.2) is 0 Å². The molecule has 5 nitrogen and oxygen atoms in total. The number of nitrogens with one attached hydrogen (secondary N) is 1. The molecule has 1 rings (SSSR count). The van der Waals surface area contributed by atoms with Crippen molar-refractivity contribution < 1.29 is 4.79 Å². The molecule has 0 bridgehead atoms. The summed E-state index contributed by atoms with van der Waals surface area (Å²) in [6, 6.07) is 3.89. The van der Waals surface area contributed by atoms with E-state index < -0.39 is 0 Å². The summed E-state index contributed by atoms with van der Waals surface area (Å²) in [4.78, 5) is 13.1. The number of rotatable bonds is 5. The molecule has 0 saturated heterocycles. The maximum atomic E-state index is 11.6. The fourth-order valence-corrected chi connectivity index (χ4v) is 1.45. The van der Waals surface area contributed by atoms with Gasteiger partial charge in [0, 0.05) is 20.1 Å². The minimum absolute atomic E-state index is 0.133.